The second-order valence-electron chi connectivity index (χ2n) is 5.58. The van der Waals surface area contributed by atoms with E-state index in [1.165, 1.54) is 0 Å². The lowest BCUT2D eigenvalue weighted by Gasteiger charge is -2.19. The minimum atomic E-state index is -3.18. The molecule has 1 aromatic rings. The fraction of sp³-hybridized carbons (Fsp3) is 0.500. The minimum absolute atomic E-state index is 0.0169. The molecule has 0 bridgehead atoms. The molecule has 0 unspecified atom stereocenters. The highest BCUT2D eigenvalue weighted by atomic mass is 32.2. The van der Waals surface area contributed by atoms with E-state index in [0.717, 1.165) is 5.56 Å². The number of aliphatic hydroxyl groups is 1. The van der Waals surface area contributed by atoms with Crippen LogP contribution in [0.2, 0.25) is 0 Å². The molecule has 5 heteroatoms. The van der Waals surface area contributed by atoms with Crippen molar-refractivity contribution in [3.05, 3.63) is 29.8 Å². The van der Waals surface area contributed by atoms with Gasteiger partial charge >= 0.3 is 0 Å². The summed E-state index contributed by atoms with van der Waals surface area (Å²) in [6, 6.07) is 7.16. The van der Waals surface area contributed by atoms with E-state index in [9.17, 15) is 8.42 Å². The number of sulfone groups is 1. The maximum atomic E-state index is 12.0. The molecule has 0 saturated carbocycles. The Morgan fingerprint density at radius 3 is 2.62 bits per heavy atom. The van der Waals surface area contributed by atoms with Gasteiger partial charge in [-0.1, -0.05) is 17.9 Å². The van der Waals surface area contributed by atoms with Crippen molar-refractivity contribution in [3.8, 4) is 17.6 Å². The molecule has 0 saturated heterocycles. The lowest BCUT2D eigenvalue weighted by molar-refractivity contribution is 0.305. The lowest BCUT2D eigenvalue weighted by atomic mass is 10.2. The predicted octanol–water partition coefficient (Wildman–Crippen LogP) is 2.01. The molecule has 1 rings (SSSR count). The molecule has 0 amide bonds. The van der Waals surface area contributed by atoms with E-state index < -0.39 is 14.6 Å². The van der Waals surface area contributed by atoms with Gasteiger partial charge in [-0.3, -0.25) is 0 Å². The molecule has 0 aliphatic carbocycles. The van der Waals surface area contributed by atoms with Crippen molar-refractivity contribution in [2.75, 3.05) is 19.0 Å². The van der Waals surface area contributed by atoms with Crippen LogP contribution in [0.15, 0.2) is 24.3 Å². The zero-order chi connectivity index (χ0) is 15.9. The first-order valence-electron chi connectivity index (χ1n) is 6.81. The molecule has 116 valence electrons. The average Bonchev–Trinajstić information content (AvgIpc) is 2.38. The lowest BCUT2D eigenvalue weighted by Crippen LogP contribution is -2.32. The largest absolute Gasteiger partial charge is 0.492 e. The molecule has 4 nitrogen and oxygen atoms in total. The van der Waals surface area contributed by atoms with Crippen LogP contribution in [0, 0.1) is 11.8 Å². The van der Waals surface area contributed by atoms with Gasteiger partial charge in [0.1, 0.15) is 12.4 Å². The first-order chi connectivity index (χ1) is 9.76. The van der Waals surface area contributed by atoms with Gasteiger partial charge in [-0.15, -0.1) is 0 Å². The quantitative estimate of drug-likeness (QED) is 0.845. The number of rotatable bonds is 5. The monoisotopic (exact) mass is 310 g/mol. The van der Waals surface area contributed by atoms with E-state index in [2.05, 4.69) is 11.8 Å². The SMILES string of the molecule is CC(C)(C)S(=O)(=O)CCOc1cccc(C#CCCO)c1. The van der Waals surface area contributed by atoms with E-state index in [1.807, 2.05) is 6.07 Å². The number of hydrogen-bond acceptors (Lipinski definition) is 4. The Bertz CT molecular complexity index is 616. The molecular weight excluding hydrogens is 288 g/mol. The summed E-state index contributed by atoms with van der Waals surface area (Å²) in [5.41, 5.74) is 0.777. The maximum Gasteiger partial charge on any atom is 0.158 e. The van der Waals surface area contributed by atoms with E-state index in [4.69, 9.17) is 9.84 Å². The van der Waals surface area contributed by atoms with Crippen LogP contribution in [0.3, 0.4) is 0 Å². The zero-order valence-corrected chi connectivity index (χ0v) is 13.5. The average molecular weight is 310 g/mol. The van der Waals surface area contributed by atoms with E-state index in [1.54, 1.807) is 39.0 Å². The van der Waals surface area contributed by atoms with Crippen molar-refractivity contribution in [1.82, 2.24) is 0 Å². The molecule has 0 aliphatic rings. The Hall–Kier alpha value is -1.51. The second kappa shape index (κ2) is 7.48. The van der Waals surface area contributed by atoms with Crippen LogP contribution < -0.4 is 4.74 Å². The fourth-order valence-corrected chi connectivity index (χ4v) is 2.37. The third kappa shape index (κ3) is 5.78. The van der Waals surface area contributed by atoms with Crippen LogP contribution in [0.25, 0.3) is 0 Å². The van der Waals surface area contributed by atoms with Crippen LogP contribution in [0.5, 0.6) is 5.75 Å². The number of benzene rings is 1. The van der Waals surface area contributed by atoms with Crippen molar-refractivity contribution in [3.63, 3.8) is 0 Å². The fourth-order valence-electron chi connectivity index (χ4n) is 1.46. The normalized spacial score (nSPS) is 11.6. The number of aliphatic hydroxyl groups excluding tert-OH is 1. The molecular formula is C16H22O4S. The van der Waals surface area contributed by atoms with Crippen LogP contribution in [0.4, 0.5) is 0 Å². The van der Waals surface area contributed by atoms with Gasteiger partial charge in [0.05, 0.1) is 17.1 Å². The Kier molecular flexibility index (Phi) is 6.25. The summed E-state index contributed by atoms with van der Waals surface area (Å²) in [7, 11) is -3.18. The zero-order valence-electron chi connectivity index (χ0n) is 12.7. The van der Waals surface area contributed by atoms with Crippen molar-refractivity contribution >= 4 is 9.84 Å². The van der Waals surface area contributed by atoms with E-state index in [-0.39, 0.29) is 19.0 Å². The Balaban J connectivity index is 2.62. The maximum absolute atomic E-state index is 12.0. The summed E-state index contributed by atoms with van der Waals surface area (Å²) >= 11 is 0. The highest BCUT2D eigenvalue weighted by Crippen LogP contribution is 2.17. The Labute approximate surface area is 127 Å². The van der Waals surface area contributed by atoms with Gasteiger partial charge in [0.25, 0.3) is 0 Å². The van der Waals surface area contributed by atoms with Gasteiger partial charge in [0.15, 0.2) is 9.84 Å². The van der Waals surface area contributed by atoms with Crippen LogP contribution in [-0.4, -0.2) is 37.2 Å². The molecule has 0 atom stereocenters. The topological polar surface area (TPSA) is 63.6 Å². The third-order valence-electron chi connectivity index (χ3n) is 2.86. The highest BCUT2D eigenvalue weighted by Gasteiger charge is 2.28. The molecule has 0 spiro atoms. The molecule has 0 radical (unpaired) electrons. The molecule has 1 aromatic carbocycles. The Morgan fingerprint density at radius 2 is 2.00 bits per heavy atom. The summed E-state index contributed by atoms with van der Waals surface area (Å²) in [6.07, 6.45) is 0.426. The van der Waals surface area contributed by atoms with Crippen molar-refractivity contribution < 1.29 is 18.3 Å². The molecule has 21 heavy (non-hydrogen) atoms. The number of ether oxygens (including phenoxy) is 1. The number of hydrogen-bond donors (Lipinski definition) is 1. The van der Waals surface area contributed by atoms with Gasteiger partial charge in [0.2, 0.25) is 0 Å². The summed E-state index contributed by atoms with van der Waals surface area (Å²) in [5, 5.41) is 8.67. The molecule has 0 fully saturated rings. The van der Waals surface area contributed by atoms with E-state index in [0.29, 0.717) is 12.2 Å². The summed E-state index contributed by atoms with van der Waals surface area (Å²) in [4.78, 5) is 0. The van der Waals surface area contributed by atoms with Gasteiger partial charge in [0, 0.05) is 12.0 Å². The van der Waals surface area contributed by atoms with Gasteiger partial charge in [-0.25, -0.2) is 8.42 Å². The molecule has 0 aromatic heterocycles. The summed E-state index contributed by atoms with van der Waals surface area (Å²) in [6.45, 7) is 5.19. The van der Waals surface area contributed by atoms with E-state index >= 15 is 0 Å². The summed E-state index contributed by atoms with van der Waals surface area (Å²) < 4.78 is 28.6. The van der Waals surface area contributed by atoms with Crippen molar-refractivity contribution in [2.24, 2.45) is 0 Å². The highest BCUT2D eigenvalue weighted by molar-refractivity contribution is 7.92. The van der Waals surface area contributed by atoms with Crippen molar-refractivity contribution in [1.29, 1.82) is 0 Å². The van der Waals surface area contributed by atoms with Crippen LogP contribution in [0.1, 0.15) is 32.8 Å². The Morgan fingerprint density at radius 1 is 1.29 bits per heavy atom. The standard InChI is InChI=1S/C16H22O4S/c1-16(2,3)21(18,19)12-11-20-15-9-6-8-14(13-15)7-4-5-10-17/h6,8-9,13,17H,5,10-12H2,1-3H3. The van der Waals surface area contributed by atoms with Crippen LogP contribution >= 0.6 is 0 Å². The molecule has 0 aliphatic heterocycles. The van der Waals surface area contributed by atoms with Gasteiger partial charge < -0.3 is 9.84 Å². The smallest absolute Gasteiger partial charge is 0.158 e. The molecule has 0 heterocycles. The van der Waals surface area contributed by atoms with Crippen molar-refractivity contribution in [2.45, 2.75) is 31.9 Å². The first kappa shape index (κ1) is 17.5. The summed E-state index contributed by atoms with van der Waals surface area (Å²) in [5.74, 6) is 6.31. The second-order valence-corrected chi connectivity index (χ2v) is 8.45. The predicted molar refractivity (Wildman–Crippen MR) is 84.1 cm³/mol. The first-order valence-corrected chi connectivity index (χ1v) is 8.46. The van der Waals surface area contributed by atoms with Crippen LogP contribution in [-0.2, 0) is 9.84 Å². The third-order valence-corrected chi connectivity index (χ3v) is 5.43. The van der Waals surface area contributed by atoms with Gasteiger partial charge in [-0.05, 0) is 39.0 Å². The minimum Gasteiger partial charge on any atom is -0.492 e. The molecule has 1 N–H and O–H groups in total. The van der Waals surface area contributed by atoms with Gasteiger partial charge in [-0.2, -0.15) is 0 Å².